The lowest BCUT2D eigenvalue weighted by molar-refractivity contribution is 0.203. The van der Waals surface area contributed by atoms with E-state index < -0.39 is 6.09 Å². The molecule has 4 nitrogen and oxygen atoms in total. The monoisotopic (exact) mass is 237 g/mol. The number of nitrogens with one attached hydrogen (secondary N) is 1. The number of rotatable bonds is 4. The first-order chi connectivity index (χ1) is 7.99. The third-order valence-electron chi connectivity index (χ3n) is 2.71. The first-order valence-corrected chi connectivity index (χ1v) is 5.83. The topological polar surface area (TPSA) is 38.3 Å². The smallest absolute Gasteiger partial charge is 0.410 e. The maximum absolute atomic E-state index is 11.1. The van der Waals surface area contributed by atoms with Gasteiger partial charge in [0.25, 0.3) is 0 Å². The summed E-state index contributed by atoms with van der Waals surface area (Å²) < 4.78 is 5.90. The van der Waals surface area contributed by atoms with Crippen LogP contribution in [0.2, 0.25) is 0 Å². The fourth-order valence-electron chi connectivity index (χ4n) is 1.77. The molecule has 0 saturated carbocycles. The highest BCUT2D eigenvalue weighted by molar-refractivity contribution is 5.70. The summed E-state index contributed by atoms with van der Waals surface area (Å²) in [5, 5.41) is 2.43. The summed E-state index contributed by atoms with van der Waals surface area (Å²) in [6, 6.07) is 7.64. The second-order valence-corrected chi connectivity index (χ2v) is 4.55. The van der Waals surface area contributed by atoms with Crippen LogP contribution >= 0.6 is 0 Å². The van der Waals surface area contributed by atoms with Gasteiger partial charge in [0.2, 0.25) is 0 Å². The fraction of sp³-hybridized carbons (Fsp3) is 0.462. The second-order valence-electron chi connectivity index (χ2n) is 4.55. The molecule has 1 aromatic carbocycles. The molecular weight excluding hydrogens is 216 g/mol. The minimum absolute atomic E-state index is 0.442. The highest BCUT2D eigenvalue weighted by atomic mass is 16.5. The van der Waals surface area contributed by atoms with Crippen molar-refractivity contribution in [3.05, 3.63) is 24.3 Å². The molecule has 4 heteroatoms. The van der Waals surface area contributed by atoms with Gasteiger partial charge in [-0.25, -0.2) is 4.79 Å². The quantitative estimate of drug-likeness (QED) is 0.816. The van der Waals surface area contributed by atoms with Gasteiger partial charge in [0, 0.05) is 13.1 Å². The molecule has 0 aliphatic heterocycles. The Morgan fingerprint density at radius 3 is 2.71 bits per heavy atom. The van der Waals surface area contributed by atoms with Crippen LogP contribution in [0.3, 0.4) is 0 Å². The molecule has 0 radical (unpaired) electrons. The van der Waals surface area contributed by atoms with Crippen LogP contribution in [0.25, 0.3) is 0 Å². The van der Waals surface area contributed by atoms with Gasteiger partial charge in [-0.3, -0.25) is 4.48 Å². The molecule has 0 aliphatic rings. The highest BCUT2D eigenvalue weighted by Crippen LogP contribution is 2.24. The van der Waals surface area contributed by atoms with E-state index in [-0.39, 0.29) is 0 Å². The van der Waals surface area contributed by atoms with E-state index in [1.165, 1.54) is 0 Å². The molecule has 1 N–H and O–H groups in total. The molecule has 1 rings (SSSR count). The maximum Gasteiger partial charge on any atom is 0.412 e. The lowest BCUT2D eigenvalue weighted by Gasteiger charge is -2.29. The Kier molecular flexibility index (Phi) is 4.52. The van der Waals surface area contributed by atoms with Crippen LogP contribution in [0, 0.1) is 0 Å². The molecule has 0 heterocycles. The molecular formula is C13H21N2O2+. The molecule has 0 spiro atoms. The van der Waals surface area contributed by atoms with Gasteiger partial charge in [-0.1, -0.05) is 13.0 Å². The number of benzene rings is 1. The number of ether oxygens (including phenoxy) is 1. The first-order valence-electron chi connectivity index (χ1n) is 5.83. The second kappa shape index (κ2) is 5.68. The number of quaternary nitrogens is 1. The summed E-state index contributed by atoms with van der Waals surface area (Å²) >= 11 is 0. The summed E-state index contributed by atoms with van der Waals surface area (Å²) in [5.41, 5.74) is 1.13. The van der Waals surface area contributed by atoms with Gasteiger partial charge in [-0.15, -0.1) is 0 Å². The number of carbonyl (C=O) groups excluding carboxylic acids is 1. The Morgan fingerprint density at radius 2 is 2.12 bits per heavy atom. The summed E-state index contributed by atoms with van der Waals surface area (Å²) in [6.45, 7) is 3.20. The van der Waals surface area contributed by atoms with Crippen molar-refractivity contribution in [1.29, 1.82) is 0 Å². The Balaban J connectivity index is 2.89. The Bertz CT molecular complexity index is 389. The molecule has 0 bridgehead atoms. The Hall–Kier alpha value is -1.55. The average Bonchev–Trinajstić information content (AvgIpc) is 2.29. The number of amides is 1. The van der Waals surface area contributed by atoms with Gasteiger partial charge in [-0.05, 0) is 18.6 Å². The molecule has 0 fully saturated rings. The standard InChI is InChI=1S/C13H20N2O2/c1-5-9-15(3,4)11-7-6-8-12(10-11)17-13(16)14-2/h6-8,10H,5,9H2,1-4H3/p+1. The third kappa shape index (κ3) is 3.75. The van der Waals surface area contributed by atoms with Crippen molar-refractivity contribution in [3.63, 3.8) is 0 Å². The summed E-state index contributed by atoms with van der Waals surface area (Å²) in [7, 11) is 5.83. The molecule has 0 saturated heterocycles. The summed E-state index contributed by atoms with van der Waals surface area (Å²) in [6.07, 6.45) is 0.663. The van der Waals surface area contributed by atoms with E-state index in [0.29, 0.717) is 5.75 Å². The predicted octanol–water partition coefficient (Wildman–Crippen LogP) is 2.38. The van der Waals surface area contributed by atoms with Crippen LogP contribution in [0.4, 0.5) is 10.5 Å². The lowest BCUT2D eigenvalue weighted by atomic mass is 10.2. The third-order valence-corrected chi connectivity index (χ3v) is 2.71. The summed E-state index contributed by atoms with van der Waals surface area (Å²) in [5.74, 6) is 0.573. The molecule has 94 valence electrons. The lowest BCUT2D eigenvalue weighted by Crippen LogP contribution is -2.40. The minimum atomic E-state index is -0.442. The van der Waals surface area contributed by atoms with Crippen LogP contribution in [0.5, 0.6) is 5.75 Å². The van der Waals surface area contributed by atoms with Crippen molar-refractivity contribution in [2.75, 3.05) is 27.7 Å². The van der Waals surface area contributed by atoms with E-state index in [1.54, 1.807) is 13.1 Å². The zero-order valence-corrected chi connectivity index (χ0v) is 11.0. The SMILES string of the molecule is CCC[N+](C)(C)c1cccc(OC(=O)NC)c1. The van der Waals surface area contributed by atoms with Crippen molar-refractivity contribution < 1.29 is 9.53 Å². The maximum atomic E-state index is 11.1. The van der Waals surface area contributed by atoms with Crippen LogP contribution in [-0.2, 0) is 0 Å². The molecule has 0 aromatic heterocycles. The van der Waals surface area contributed by atoms with Crippen molar-refractivity contribution in [2.45, 2.75) is 13.3 Å². The normalized spacial score (nSPS) is 11.1. The molecule has 0 atom stereocenters. The van der Waals surface area contributed by atoms with Crippen molar-refractivity contribution in [2.24, 2.45) is 0 Å². The molecule has 0 aliphatic carbocycles. The molecule has 17 heavy (non-hydrogen) atoms. The Labute approximate surface area is 103 Å². The number of hydrogen-bond acceptors (Lipinski definition) is 2. The van der Waals surface area contributed by atoms with Gasteiger partial charge < -0.3 is 10.1 Å². The van der Waals surface area contributed by atoms with Crippen LogP contribution in [0.15, 0.2) is 24.3 Å². The van der Waals surface area contributed by atoms with Crippen molar-refractivity contribution in [1.82, 2.24) is 9.80 Å². The van der Waals surface area contributed by atoms with Crippen LogP contribution in [-0.4, -0.2) is 33.8 Å². The van der Waals surface area contributed by atoms with Crippen molar-refractivity contribution in [3.8, 4) is 5.75 Å². The van der Waals surface area contributed by atoms with Gasteiger partial charge in [0.1, 0.15) is 11.4 Å². The number of carbonyl (C=O) groups is 1. The van der Waals surface area contributed by atoms with E-state index in [2.05, 4.69) is 26.3 Å². The summed E-state index contributed by atoms with van der Waals surface area (Å²) in [4.78, 5) is 11.1. The van der Waals surface area contributed by atoms with E-state index in [9.17, 15) is 4.79 Å². The number of nitrogens with zero attached hydrogens (tertiary/aromatic N) is 1. The Morgan fingerprint density at radius 1 is 1.41 bits per heavy atom. The molecule has 1 aromatic rings. The highest BCUT2D eigenvalue weighted by Gasteiger charge is 2.18. The molecule has 1 amide bonds. The average molecular weight is 237 g/mol. The first kappa shape index (κ1) is 13.5. The van der Waals surface area contributed by atoms with Crippen LogP contribution < -0.4 is 14.5 Å². The van der Waals surface area contributed by atoms with Crippen molar-refractivity contribution >= 4 is 11.8 Å². The zero-order valence-electron chi connectivity index (χ0n) is 11.0. The van der Waals surface area contributed by atoms with Crippen LogP contribution in [0.1, 0.15) is 13.3 Å². The van der Waals surface area contributed by atoms with E-state index in [1.807, 2.05) is 18.2 Å². The minimum Gasteiger partial charge on any atom is -0.410 e. The van der Waals surface area contributed by atoms with Gasteiger partial charge in [-0.2, -0.15) is 0 Å². The largest absolute Gasteiger partial charge is 0.412 e. The van der Waals surface area contributed by atoms with Gasteiger partial charge in [0.05, 0.1) is 20.6 Å². The van der Waals surface area contributed by atoms with E-state index >= 15 is 0 Å². The van der Waals surface area contributed by atoms with Gasteiger partial charge in [0.15, 0.2) is 0 Å². The molecule has 0 unspecified atom stereocenters. The number of hydrogen-bond donors (Lipinski definition) is 1. The predicted molar refractivity (Wildman–Crippen MR) is 70.3 cm³/mol. The fourth-order valence-corrected chi connectivity index (χ4v) is 1.77. The van der Waals surface area contributed by atoms with Gasteiger partial charge >= 0.3 is 6.09 Å². The van der Waals surface area contributed by atoms with E-state index in [0.717, 1.165) is 23.1 Å². The van der Waals surface area contributed by atoms with E-state index in [4.69, 9.17) is 4.74 Å². The zero-order chi connectivity index (χ0) is 12.9.